The quantitative estimate of drug-likeness (QED) is 0.183. The molecule has 0 unspecified atom stereocenters. The number of methoxy groups -OCH3 is 2. The number of hydrogen-bond donors (Lipinski definition) is 0. The van der Waals surface area contributed by atoms with Crippen LogP contribution in [0.15, 0.2) is 12.2 Å². The van der Waals surface area contributed by atoms with Gasteiger partial charge in [-0.1, -0.05) is 12.2 Å². The van der Waals surface area contributed by atoms with Crippen LogP contribution in [0, 0.1) is 18.3 Å². The first-order chi connectivity index (χ1) is 6.65. The summed E-state index contributed by atoms with van der Waals surface area (Å²) in [4.78, 5) is 0. The molecule has 0 radical (unpaired) electrons. The third-order valence-corrected chi connectivity index (χ3v) is 2.32. The van der Waals surface area contributed by atoms with Gasteiger partial charge in [0.25, 0.3) is 0 Å². The molecule has 0 aliphatic heterocycles. The molecule has 15 heavy (non-hydrogen) atoms. The van der Waals surface area contributed by atoms with E-state index < -0.39 is 0 Å². The molecule has 0 fully saturated rings. The molecule has 0 rings (SSSR count). The Kier molecular flexibility index (Phi) is 11.9. The summed E-state index contributed by atoms with van der Waals surface area (Å²) in [5.41, 5.74) is 1.11. The van der Waals surface area contributed by atoms with E-state index in [1.54, 1.807) is 14.2 Å². The number of allylic oxidation sites excluding steroid dienone is 1. The molecule has 0 bridgehead atoms. The molecule has 0 spiro atoms. The molecule has 0 aromatic carbocycles. The van der Waals surface area contributed by atoms with Gasteiger partial charge in [0.2, 0.25) is 0 Å². The van der Waals surface area contributed by atoms with Crippen molar-refractivity contribution in [3.8, 4) is 5.92 Å². The van der Waals surface area contributed by atoms with Crippen LogP contribution in [0.3, 0.4) is 0 Å². The minimum Gasteiger partial charge on any atom is -0.694 e. The Labute approximate surface area is 106 Å². The zero-order chi connectivity index (χ0) is 11.0. The van der Waals surface area contributed by atoms with Gasteiger partial charge in [0.05, 0.1) is 0 Å². The Morgan fingerprint density at radius 1 is 1.40 bits per heavy atom. The maximum absolute atomic E-state index is 6.87. The van der Waals surface area contributed by atoms with Crippen LogP contribution in [0.2, 0.25) is 0 Å². The smallest absolute Gasteiger partial charge is 0.694 e. The predicted octanol–water partition coefficient (Wildman–Crippen LogP) is -0.438. The maximum atomic E-state index is 6.87. The monoisotopic (exact) mass is 202 g/mol. The fourth-order valence-corrected chi connectivity index (χ4v) is 1.33. The molecule has 3 heteroatoms. The Balaban J connectivity index is 0. The molecular weight excluding hydrogens is 183 g/mol. The Morgan fingerprint density at radius 2 is 1.93 bits per heavy atom. The van der Waals surface area contributed by atoms with Crippen molar-refractivity contribution in [3.05, 3.63) is 18.6 Å². The third kappa shape index (κ3) is 7.71. The van der Waals surface area contributed by atoms with Crippen LogP contribution in [-0.2, 0) is 9.47 Å². The van der Waals surface area contributed by atoms with E-state index >= 15 is 0 Å². The first-order valence-electron chi connectivity index (χ1n) is 4.76. The van der Waals surface area contributed by atoms with Gasteiger partial charge in [0.15, 0.2) is 6.29 Å². The van der Waals surface area contributed by atoms with Gasteiger partial charge in [-0.05, 0) is 25.7 Å². The van der Waals surface area contributed by atoms with E-state index in [4.69, 9.17) is 15.9 Å². The SMILES string of the molecule is [C-]#CCC[C@@H](CC(OC)OC)C(=C)C.[Li+]. The van der Waals surface area contributed by atoms with E-state index in [0.717, 1.165) is 18.4 Å². The molecule has 1 atom stereocenters. The summed E-state index contributed by atoms with van der Waals surface area (Å²) in [6, 6.07) is 0. The molecule has 0 amide bonds. The van der Waals surface area contributed by atoms with Crippen molar-refractivity contribution in [2.45, 2.75) is 32.5 Å². The fraction of sp³-hybridized carbons (Fsp3) is 0.667. The van der Waals surface area contributed by atoms with Crippen molar-refractivity contribution in [3.63, 3.8) is 0 Å². The fourth-order valence-electron chi connectivity index (χ4n) is 1.33. The molecule has 0 aromatic rings. The van der Waals surface area contributed by atoms with Gasteiger partial charge in [0, 0.05) is 20.6 Å². The molecule has 0 heterocycles. The van der Waals surface area contributed by atoms with Crippen molar-refractivity contribution >= 4 is 0 Å². The molecule has 0 aliphatic carbocycles. The van der Waals surface area contributed by atoms with Gasteiger partial charge < -0.3 is 21.8 Å². The van der Waals surface area contributed by atoms with Crippen molar-refractivity contribution in [2.75, 3.05) is 14.2 Å². The van der Waals surface area contributed by atoms with Crippen molar-refractivity contribution < 1.29 is 28.3 Å². The molecular formula is C12H19LiO2. The van der Waals surface area contributed by atoms with Crippen LogP contribution < -0.4 is 18.9 Å². The van der Waals surface area contributed by atoms with E-state index in [1.165, 1.54) is 0 Å². The predicted molar refractivity (Wildman–Crippen MR) is 57.1 cm³/mol. The van der Waals surface area contributed by atoms with Gasteiger partial charge >= 0.3 is 18.9 Å². The number of rotatable bonds is 7. The molecule has 0 saturated carbocycles. The largest absolute Gasteiger partial charge is 1.00 e. The molecule has 2 nitrogen and oxygen atoms in total. The van der Waals surface area contributed by atoms with Crippen molar-refractivity contribution in [2.24, 2.45) is 5.92 Å². The Bertz CT molecular complexity index is 204. The van der Waals surface area contributed by atoms with Gasteiger partial charge in [-0.3, -0.25) is 0 Å². The number of ether oxygens (including phenoxy) is 2. The summed E-state index contributed by atoms with van der Waals surface area (Å²) in [5.74, 6) is 2.73. The zero-order valence-corrected chi connectivity index (χ0v) is 10.3. The molecule has 80 valence electrons. The normalized spacial score (nSPS) is 11.7. The van der Waals surface area contributed by atoms with E-state index in [-0.39, 0.29) is 25.2 Å². The van der Waals surface area contributed by atoms with Crippen LogP contribution in [-0.4, -0.2) is 20.5 Å². The van der Waals surface area contributed by atoms with Crippen LogP contribution >= 0.6 is 0 Å². The molecule has 0 N–H and O–H groups in total. The Morgan fingerprint density at radius 3 is 2.27 bits per heavy atom. The summed E-state index contributed by atoms with van der Waals surface area (Å²) in [6.45, 7) is 5.93. The van der Waals surface area contributed by atoms with Crippen LogP contribution in [0.1, 0.15) is 26.2 Å². The average molecular weight is 202 g/mol. The minimum atomic E-state index is -0.178. The van der Waals surface area contributed by atoms with Gasteiger partial charge in [0.1, 0.15) is 0 Å². The molecule has 0 saturated heterocycles. The van der Waals surface area contributed by atoms with E-state index in [2.05, 4.69) is 12.5 Å². The Hall–Kier alpha value is -0.183. The third-order valence-electron chi connectivity index (χ3n) is 2.32. The van der Waals surface area contributed by atoms with Crippen molar-refractivity contribution in [1.29, 1.82) is 0 Å². The average Bonchev–Trinajstić information content (AvgIpc) is 2.18. The first kappa shape index (κ1) is 17.2. The second-order valence-corrected chi connectivity index (χ2v) is 3.40. The second-order valence-electron chi connectivity index (χ2n) is 3.40. The first-order valence-corrected chi connectivity index (χ1v) is 4.76. The number of hydrogen-bond acceptors (Lipinski definition) is 2. The standard InChI is InChI=1S/C12H19O2.Li/c1-6-7-8-11(10(2)3)9-12(13-4)14-5;/h11-12H,2,7-9H2,3-5H3;/q-1;+1/t11-;/m0./s1. The molecule has 0 aromatic heterocycles. The summed E-state index contributed by atoms with van der Waals surface area (Å²) in [5, 5.41) is 0. The van der Waals surface area contributed by atoms with E-state index in [0.29, 0.717) is 12.3 Å². The van der Waals surface area contributed by atoms with Crippen molar-refractivity contribution in [1.82, 2.24) is 0 Å². The van der Waals surface area contributed by atoms with Gasteiger partial charge in [-0.15, -0.1) is 0 Å². The van der Waals surface area contributed by atoms with E-state index in [1.807, 2.05) is 6.92 Å². The van der Waals surface area contributed by atoms with Crippen LogP contribution in [0.5, 0.6) is 0 Å². The topological polar surface area (TPSA) is 18.5 Å². The summed E-state index contributed by atoms with van der Waals surface area (Å²) in [7, 11) is 3.26. The summed E-state index contributed by atoms with van der Waals surface area (Å²) < 4.78 is 10.3. The van der Waals surface area contributed by atoms with E-state index in [9.17, 15) is 0 Å². The zero-order valence-electron chi connectivity index (χ0n) is 10.3. The van der Waals surface area contributed by atoms with Crippen LogP contribution in [0.4, 0.5) is 0 Å². The molecule has 0 aliphatic rings. The maximum Gasteiger partial charge on any atom is 1.00 e. The van der Waals surface area contributed by atoms with Gasteiger partial charge in [-0.25, -0.2) is 0 Å². The summed E-state index contributed by atoms with van der Waals surface area (Å²) in [6.07, 6.45) is 9.04. The second kappa shape index (κ2) is 10.3. The summed E-state index contributed by atoms with van der Waals surface area (Å²) >= 11 is 0. The minimum absolute atomic E-state index is 0. The van der Waals surface area contributed by atoms with Gasteiger partial charge in [-0.2, -0.15) is 0 Å². The van der Waals surface area contributed by atoms with Crippen LogP contribution in [0.25, 0.3) is 0 Å².